The Hall–Kier alpha value is -0.330. The first-order valence-electron chi connectivity index (χ1n) is 4.07. The molecule has 48 valence electrons. The molecule has 4 aliphatic rings. The lowest BCUT2D eigenvalue weighted by Crippen LogP contribution is -2.12. The summed E-state index contributed by atoms with van der Waals surface area (Å²) in [5, 5.41) is 0. The van der Waals surface area contributed by atoms with Crippen LogP contribution in [0.3, 0.4) is 0 Å². The first-order chi connectivity index (χ1) is 4.45. The van der Waals surface area contributed by atoms with Gasteiger partial charge in [-0.2, -0.15) is 0 Å². The molecule has 0 spiro atoms. The van der Waals surface area contributed by atoms with Crippen molar-refractivity contribution in [2.24, 2.45) is 5.92 Å². The Bertz CT molecular complexity index is 175. The summed E-state index contributed by atoms with van der Waals surface area (Å²) in [7, 11) is 0. The zero-order chi connectivity index (χ0) is 5.84. The molecule has 1 aliphatic carbocycles. The molecule has 0 aromatic carbocycles. The molecule has 0 radical (unpaired) electrons. The largest absolute Gasteiger partial charge is 0.231 e. The number of piperidine rings is 1. The maximum atomic E-state index is 2.62. The molecule has 2 fully saturated rings. The van der Waals surface area contributed by atoms with Crippen molar-refractivity contribution in [2.45, 2.75) is 31.7 Å². The lowest BCUT2D eigenvalue weighted by Gasteiger charge is -1.99. The van der Waals surface area contributed by atoms with Gasteiger partial charge in [-0.15, -0.1) is 0 Å². The molecule has 9 heavy (non-hydrogen) atoms. The lowest BCUT2D eigenvalue weighted by atomic mass is 10.0. The molecule has 4 bridgehead atoms. The van der Waals surface area contributed by atoms with Crippen molar-refractivity contribution < 1.29 is 4.58 Å². The van der Waals surface area contributed by atoms with E-state index in [0.717, 1.165) is 12.0 Å². The van der Waals surface area contributed by atoms with E-state index in [-0.39, 0.29) is 0 Å². The third kappa shape index (κ3) is 0.440. The van der Waals surface area contributed by atoms with Crippen LogP contribution in [-0.4, -0.2) is 22.9 Å². The van der Waals surface area contributed by atoms with Crippen molar-refractivity contribution >= 4 is 5.71 Å². The van der Waals surface area contributed by atoms with Gasteiger partial charge in [0.25, 0.3) is 0 Å². The summed E-state index contributed by atoms with van der Waals surface area (Å²) in [4.78, 5) is 0. The zero-order valence-electron chi connectivity index (χ0n) is 5.64. The second kappa shape index (κ2) is 1.23. The van der Waals surface area contributed by atoms with E-state index in [9.17, 15) is 0 Å². The fourth-order valence-electron chi connectivity index (χ4n) is 2.58. The summed E-state index contributed by atoms with van der Waals surface area (Å²) in [6.07, 6.45) is 5.95. The van der Waals surface area contributed by atoms with Crippen LogP contribution in [0, 0.1) is 5.92 Å². The van der Waals surface area contributed by atoms with Gasteiger partial charge in [0.1, 0.15) is 6.54 Å². The Balaban J connectivity index is 1.97. The van der Waals surface area contributed by atoms with Gasteiger partial charge in [0.05, 0.1) is 0 Å². The monoisotopic (exact) mass is 122 g/mol. The highest BCUT2D eigenvalue weighted by Gasteiger charge is 2.56. The van der Waals surface area contributed by atoms with Crippen LogP contribution in [-0.2, 0) is 0 Å². The van der Waals surface area contributed by atoms with Crippen molar-refractivity contribution in [1.29, 1.82) is 0 Å². The highest BCUT2D eigenvalue weighted by molar-refractivity contribution is 5.93. The van der Waals surface area contributed by atoms with E-state index in [1.165, 1.54) is 32.2 Å². The van der Waals surface area contributed by atoms with Gasteiger partial charge in [0, 0.05) is 18.8 Å². The molecule has 1 saturated heterocycles. The Morgan fingerprint density at radius 3 is 3.11 bits per heavy atom. The van der Waals surface area contributed by atoms with E-state index in [2.05, 4.69) is 4.58 Å². The number of rotatable bonds is 0. The highest BCUT2D eigenvalue weighted by atomic mass is 15.2. The van der Waals surface area contributed by atoms with Gasteiger partial charge in [-0.25, -0.2) is 4.58 Å². The number of hydrogen-bond acceptors (Lipinski definition) is 0. The molecule has 1 nitrogen and oxygen atoms in total. The fourth-order valence-corrected chi connectivity index (χ4v) is 2.58. The highest BCUT2D eigenvalue weighted by Crippen LogP contribution is 2.37. The fraction of sp³-hybridized carbons (Fsp3) is 0.875. The zero-order valence-corrected chi connectivity index (χ0v) is 5.64. The van der Waals surface area contributed by atoms with Gasteiger partial charge in [-0.1, -0.05) is 0 Å². The second-order valence-electron chi connectivity index (χ2n) is 3.66. The molecular formula is C8H12N+. The standard InChI is InChI=1S/C8H12N/c1-2-6-4-8-7(3-1)9(8)5-6/h6-7H,1-5H2/q+1. The predicted molar refractivity (Wildman–Crippen MR) is 35.9 cm³/mol. The number of nitrogens with zero attached hydrogens (tertiary/aromatic N) is 1. The molecule has 4 rings (SSSR count). The second-order valence-corrected chi connectivity index (χ2v) is 3.66. The molecule has 0 aromatic rings. The summed E-state index contributed by atoms with van der Waals surface area (Å²) in [5.41, 5.74) is 1.80. The molecule has 1 saturated carbocycles. The minimum atomic E-state index is 0.976. The molecule has 1 heteroatoms. The summed E-state index contributed by atoms with van der Waals surface area (Å²) < 4.78 is 2.62. The first kappa shape index (κ1) is 4.48. The predicted octanol–water partition coefficient (Wildman–Crippen LogP) is 1.03. The molecular weight excluding hydrogens is 110 g/mol. The van der Waals surface area contributed by atoms with Gasteiger partial charge in [-0.3, -0.25) is 0 Å². The van der Waals surface area contributed by atoms with Gasteiger partial charge >= 0.3 is 0 Å². The Morgan fingerprint density at radius 2 is 2.33 bits per heavy atom. The molecule has 0 N–H and O–H groups in total. The van der Waals surface area contributed by atoms with Crippen LogP contribution in [0.15, 0.2) is 0 Å². The maximum Gasteiger partial charge on any atom is 0.231 e. The van der Waals surface area contributed by atoms with E-state index >= 15 is 0 Å². The molecule has 0 amide bonds. The molecule has 3 aliphatic heterocycles. The summed E-state index contributed by atoms with van der Waals surface area (Å²) in [6, 6.07) is 0.976. The molecule has 2 unspecified atom stereocenters. The van der Waals surface area contributed by atoms with Crippen LogP contribution in [0.4, 0.5) is 0 Å². The first-order valence-corrected chi connectivity index (χ1v) is 4.07. The van der Waals surface area contributed by atoms with Crippen LogP contribution in [0.1, 0.15) is 25.7 Å². The van der Waals surface area contributed by atoms with E-state index < -0.39 is 0 Å². The minimum Gasteiger partial charge on any atom is -0.218 e. The SMILES string of the molecule is C1CC2CC3=[N+](C2)C3C1. The van der Waals surface area contributed by atoms with Crippen LogP contribution in [0.25, 0.3) is 0 Å². The quantitative estimate of drug-likeness (QED) is 0.422. The summed E-state index contributed by atoms with van der Waals surface area (Å²) >= 11 is 0. The van der Waals surface area contributed by atoms with E-state index in [1.54, 1.807) is 5.71 Å². The van der Waals surface area contributed by atoms with Crippen molar-refractivity contribution in [1.82, 2.24) is 0 Å². The molecule has 0 aromatic heterocycles. The summed E-state index contributed by atoms with van der Waals surface area (Å²) in [6.45, 7) is 1.42. The van der Waals surface area contributed by atoms with E-state index in [0.29, 0.717) is 0 Å². The van der Waals surface area contributed by atoms with Crippen molar-refractivity contribution in [3.8, 4) is 0 Å². The summed E-state index contributed by atoms with van der Waals surface area (Å²) in [5.74, 6) is 1.07. The average Bonchev–Trinajstić information content (AvgIpc) is 2.42. The molecule has 3 heterocycles. The van der Waals surface area contributed by atoms with Crippen LogP contribution in [0.2, 0.25) is 0 Å². The van der Waals surface area contributed by atoms with Gasteiger partial charge in [0.2, 0.25) is 11.8 Å². The van der Waals surface area contributed by atoms with Crippen molar-refractivity contribution in [3.05, 3.63) is 0 Å². The number of fused-ring (bicyclic) bond motifs is 2. The van der Waals surface area contributed by atoms with Gasteiger partial charge in [0.15, 0.2) is 0 Å². The van der Waals surface area contributed by atoms with Gasteiger partial charge in [-0.05, 0) is 12.8 Å². The number of hydrogen-bond donors (Lipinski definition) is 0. The smallest absolute Gasteiger partial charge is 0.218 e. The van der Waals surface area contributed by atoms with E-state index in [1.807, 2.05) is 0 Å². The minimum absolute atomic E-state index is 0.976. The topological polar surface area (TPSA) is 3.01 Å². The van der Waals surface area contributed by atoms with E-state index in [4.69, 9.17) is 0 Å². The maximum absolute atomic E-state index is 2.62. The molecule has 2 atom stereocenters. The third-order valence-electron chi connectivity index (χ3n) is 3.10. The van der Waals surface area contributed by atoms with Gasteiger partial charge < -0.3 is 0 Å². The third-order valence-corrected chi connectivity index (χ3v) is 3.10. The Morgan fingerprint density at radius 1 is 1.33 bits per heavy atom. The van der Waals surface area contributed by atoms with Crippen LogP contribution in [0.5, 0.6) is 0 Å². The van der Waals surface area contributed by atoms with Crippen molar-refractivity contribution in [2.75, 3.05) is 6.54 Å². The van der Waals surface area contributed by atoms with Crippen LogP contribution < -0.4 is 0 Å². The Kier molecular flexibility index (Phi) is 0.611. The average molecular weight is 122 g/mol. The lowest BCUT2D eigenvalue weighted by molar-refractivity contribution is -0.470. The normalized spacial score (nSPS) is 45.3. The Labute approximate surface area is 55.4 Å². The van der Waals surface area contributed by atoms with Crippen molar-refractivity contribution in [3.63, 3.8) is 0 Å². The van der Waals surface area contributed by atoms with Crippen LogP contribution >= 0.6 is 0 Å².